The van der Waals surface area contributed by atoms with Gasteiger partial charge in [-0.15, -0.1) is 0 Å². The zero-order chi connectivity index (χ0) is 12.1. The van der Waals surface area contributed by atoms with Gasteiger partial charge in [0.15, 0.2) is 0 Å². The molecular formula is C14H20BrNO. The Labute approximate surface area is 112 Å². The van der Waals surface area contributed by atoms with Crippen LogP contribution in [0.25, 0.3) is 0 Å². The quantitative estimate of drug-likeness (QED) is 0.747. The molecule has 3 heteroatoms. The van der Waals surface area contributed by atoms with Gasteiger partial charge in [0.25, 0.3) is 0 Å². The summed E-state index contributed by atoms with van der Waals surface area (Å²) in [6.45, 7) is 6.47. The lowest BCUT2D eigenvalue weighted by Crippen LogP contribution is -2.31. The van der Waals surface area contributed by atoms with E-state index in [0.717, 1.165) is 30.8 Å². The van der Waals surface area contributed by atoms with E-state index < -0.39 is 0 Å². The third kappa shape index (κ3) is 3.23. The van der Waals surface area contributed by atoms with Crippen molar-refractivity contribution in [2.45, 2.75) is 19.3 Å². The average molecular weight is 298 g/mol. The van der Waals surface area contributed by atoms with Crippen molar-refractivity contribution in [1.82, 2.24) is 4.90 Å². The number of halogens is 1. The van der Waals surface area contributed by atoms with Crippen LogP contribution in [0.4, 0.5) is 0 Å². The Morgan fingerprint density at radius 2 is 2.18 bits per heavy atom. The first-order valence-electron chi connectivity index (χ1n) is 6.35. The number of alkyl halides is 1. The van der Waals surface area contributed by atoms with Crippen LogP contribution in [0.1, 0.15) is 24.8 Å². The summed E-state index contributed by atoms with van der Waals surface area (Å²) in [4.78, 5) is 2.52. The molecule has 1 unspecified atom stereocenters. The molecule has 1 aliphatic rings. The number of rotatable bonds is 6. The van der Waals surface area contributed by atoms with Gasteiger partial charge in [-0.3, -0.25) is 0 Å². The minimum atomic E-state index is 0.539. The molecule has 1 heterocycles. The highest BCUT2D eigenvalue weighted by atomic mass is 79.9. The monoisotopic (exact) mass is 297 g/mol. The maximum absolute atomic E-state index is 5.73. The first-order chi connectivity index (χ1) is 8.35. The van der Waals surface area contributed by atoms with Gasteiger partial charge >= 0.3 is 0 Å². The van der Waals surface area contributed by atoms with E-state index in [9.17, 15) is 0 Å². The second-order valence-electron chi connectivity index (χ2n) is 4.54. The van der Waals surface area contributed by atoms with Crippen molar-refractivity contribution in [3.05, 3.63) is 29.8 Å². The summed E-state index contributed by atoms with van der Waals surface area (Å²) < 4.78 is 5.73. The highest BCUT2D eigenvalue weighted by Gasteiger charge is 2.25. The van der Waals surface area contributed by atoms with E-state index in [4.69, 9.17) is 4.74 Å². The predicted octanol–water partition coefficient (Wildman–Crippen LogP) is 3.27. The normalized spacial score (nSPS) is 18.2. The number of hydrogen-bond donors (Lipinski definition) is 0. The highest BCUT2D eigenvalue weighted by Crippen LogP contribution is 2.33. The van der Waals surface area contributed by atoms with E-state index >= 15 is 0 Å². The summed E-state index contributed by atoms with van der Waals surface area (Å²) in [7, 11) is 0. The summed E-state index contributed by atoms with van der Waals surface area (Å²) >= 11 is 3.53. The Morgan fingerprint density at radius 1 is 1.35 bits per heavy atom. The molecular weight excluding hydrogens is 278 g/mol. The van der Waals surface area contributed by atoms with Crippen LogP contribution in [0.2, 0.25) is 0 Å². The van der Waals surface area contributed by atoms with Gasteiger partial charge in [-0.05, 0) is 19.0 Å². The molecule has 94 valence electrons. The fourth-order valence-electron chi connectivity index (χ4n) is 2.42. The van der Waals surface area contributed by atoms with Gasteiger partial charge < -0.3 is 9.64 Å². The third-order valence-electron chi connectivity index (χ3n) is 3.22. The Bertz CT molecular complexity index is 350. The number of hydrogen-bond acceptors (Lipinski definition) is 2. The second-order valence-corrected chi connectivity index (χ2v) is 5.33. The summed E-state index contributed by atoms with van der Waals surface area (Å²) in [6.07, 6.45) is 1.21. The van der Waals surface area contributed by atoms with Gasteiger partial charge in [-0.1, -0.05) is 41.1 Å². The lowest BCUT2D eigenvalue weighted by Gasteiger charge is -2.23. The molecule has 17 heavy (non-hydrogen) atoms. The zero-order valence-electron chi connectivity index (χ0n) is 10.4. The van der Waals surface area contributed by atoms with Gasteiger partial charge in [-0.25, -0.2) is 0 Å². The van der Waals surface area contributed by atoms with Crippen molar-refractivity contribution in [2.24, 2.45) is 0 Å². The van der Waals surface area contributed by atoms with Crippen molar-refractivity contribution in [1.29, 1.82) is 0 Å². The van der Waals surface area contributed by atoms with Crippen molar-refractivity contribution in [2.75, 3.05) is 31.6 Å². The SMILES string of the molecule is CCCN(CCBr)CC1COc2ccccc21. The molecule has 0 N–H and O–H groups in total. The molecule has 0 amide bonds. The third-order valence-corrected chi connectivity index (χ3v) is 3.57. The van der Waals surface area contributed by atoms with Crippen LogP contribution in [0.5, 0.6) is 5.75 Å². The van der Waals surface area contributed by atoms with E-state index in [1.165, 1.54) is 18.5 Å². The fourth-order valence-corrected chi connectivity index (χ4v) is 2.92. The maximum atomic E-state index is 5.73. The second kappa shape index (κ2) is 6.41. The molecule has 0 bridgehead atoms. The molecule has 0 aliphatic carbocycles. The number of benzene rings is 1. The Balaban J connectivity index is 1.99. The smallest absolute Gasteiger partial charge is 0.122 e. The van der Waals surface area contributed by atoms with Crippen LogP contribution in [0.3, 0.4) is 0 Å². The van der Waals surface area contributed by atoms with Gasteiger partial charge in [-0.2, -0.15) is 0 Å². The Morgan fingerprint density at radius 3 is 2.94 bits per heavy atom. The largest absolute Gasteiger partial charge is 0.493 e. The molecule has 0 fully saturated rings. The number of nitrogens with zero attached hydrogens (tertiary/aromatic N) is 1. The van der Waals surface area contributed by atoms with Crippen molar-refractivity contribution in [3.8, 4) is 5.75 Å². The minimum absolute atomic E-state index is 0.539. The summed E-state index contributed by atoms with van der Waals surface area (Å²) in [5, 5.41) is 1.04. The van der Waals surface area contributed by atoms with Gasteiger partial charge in [0.2, 0.25) is 0 Å². The van der Waals surface area contributed by atoms with Crippen LogP contribution >= 0.6 is 15.9 Å². The van der Waals surface area contributed by atoms with E-state index in [-0.39, 0.29) is 0 Å². The maximum Gasteiger partial charge on any atom is 0.122 e. The molecule has 1 atom stereocenters. The van der Waals surface area contributed by atoms with Gasteiger partial charge in [0, 0.05) is 29.9 Å². The molecule has 0 saturated carbocycles. The lowest BCUT2D eigenvalue weighted by molar-refractivity contribution is 0.243. The van der Waals surface area contributed by atoms with Crippen LogP contribution < -0.4 is 4.74 Å². The molecule has 2 rings (SSSR count). The van der Waals surface area contributed by atoms with E-state index in [1.807, 2.05) is 6.07 Å². The van der Waals surface area contributed by atoms with Crippen LogP contribution in [-0.2, 0) is 0 Å². The molecule has 0 radical (unpaired) electrons. The first-order valence-corrected chi connectivity index (χ1v) is 7.47. The minimum Gasteiger partial charge on any atom is -0.493 e. The Kier molecular flexibility index (Phi) is 4.86. The van der Waals surface area contributed by atoms with E-state index in [0.29, 0.717) is 5.92 Å². The van der Waals surface area contributed by atoms with Crippen molar-refractivity contribution < 1.29 is 4.74 Å². The molecule has 1 aliphatic heterocycles. The molecule has 0 spiro atoms. The number of fused-ring (bicyclic) bond motifs is 1. The summed E-state index contributed by atoms with van der Waals surface area (Å²) in [5.74, 6) is 1.62. The van der Waals surface area contributed by atoms with Crippen LogP contribution in [0, 0.1) is 0 Å². The first kappa shape index (κ1) is 12.9. The standard InChI is InChI=1S/C14H20BrNO/c1-2-8-16(9-7-15)10-12-11-17-14-6-4-3-5-13(12)14/h3-6,12H,2,7-11H2,1H3. The van der Waals surface area contributed by atoms with Crippen LogP contribution in [0.15, 0.2) is 24.3 Å². The number of para-hydroxylation sites is 1. The van der Waals surface area contributed by atoms with Gasteiger partial charge in [0.1, 0.15) is 5.75 Å². The summed E-state index contributed by atoms with van der Waals surface area (Å²) in [6, 6.07) is 8.42. The Hall–Kier alpha value is -0.540. The predicted molar refractivity (Wildman–Crippen MR) is 75.2 cm³/mol. The lowest BCUT2D eigenvalue weighted by atomic mass is 10.0. The molecule has 0 saturated heterocycles. The van der Waals surface area contributed by atoms with Crippen molar-refractivity contribution in [3.63, 3.8) is 0 Å². The van der Waals surface area contributed by atoms with Crippen molar-refractivity contribution >= 4 is 15.9 Å². The average Bonchev–Trinajstić information content (AvgIpc) is 2.74. The van der Waals surface area contributed by atoms with Gasteiger partial charge in [0.05, 0.1) is 6.61 Å². The fraction of sp³-hybridized carbons (Fsp3) is 0.571. The topological polar surface area (TPSA) is 12.5 Å². The van der Waals surface area contributed by atoms with E-state index in [2.05, 4.69) is 46.0 Å². The summed E-state index contributed by atoms with van der Waals surface area (Å²) in [5.41, 5.74) is 1.38. The zero-order valence-corrected chi connectivity index (χ0v) is 11.9. The molecule has 2 nitrogen and oxygen atoms in total. The molecule has 1 aromatic carbocycles. The highest BCUT2D eigenvalue weighted by molar-refractivity contribution is 9.09. The van der Waals surface area contributed by atoms with Crippen LogP contribution in [-0.4, -0.2) is 36.5 Å². The van der Waals surface area contributed by atoms with E-state index in [1.54, 1.807) is 0 Å². The molecule has 1 aromatic rings. The molecule has 0 aromatic heterocycles. The number of ether oxygens (including phenoxy) is 1.